The highest BCUT2D eigenvalue weighted by molar-refractivity contribution is 5.79. The molecule has 1 heterocycles. The van der Waals surface area contributed by atoms with Crippen LogP contribution < -0.4 is 10.9 Å². The summed E-state index contributed by atoms with van der Waals surface area (Å²) in [5.74, 6) is 0.278. The average Bonchev–Trinajstić information content (AvgIpc) is 2.44. The predicted molar refractivity (Wildman–Crippen MR) is 80.8 cm³/mol. The molecule has 1 unspecified atom stereocenters. The van der Waals surface area contributed by atoms with E-state index in [0.29, 0.717) is 6.54 Å². The minimum absolute atomic E-state index is 0.156. The van der Waals surface area contributed by atoms with Crippen molar-refractivity contribution in [1.29, 1.82) is 0 Å². The lowest BCUT2D eigenvalue weighted by atomic mass is 9.96. The number of benzene rings is 1. The fourth-order valence-corrected chi connectivity index (χ4v) is 2.68. The third-order valence-corrected chi connectivity index (χ3v) is 3.73. The van der Waals surface area contributed by atoms with E-state index in [-0.39, 0.29) is 11.5 Å². The number of hydrogen-bond donors (Lipinski definition) is 1. The summed E-state index contributed by atoms with van der Waals surface area (Å²) in [6, 6.07) is 10.2. The summed E-state index contributed by atoms with van der Waals surface area (Å²) >= 11 is 0. The van der Waals surface area contributed by atoms with Gasteiger partial charge in [0.25, 0.3) is 5.56 Å². The Morgan fingerprint density at radius 2 is 2.00 bits per heavy atom. The van der Waals surface area contributed by atoms with E-state index in [9.17, 15) is 4.79 Å². The lowest BCUT2D eigenvalue weighted by Crippen LogP contribution is -2.28. The second-order valence-corrected chi connectivity index (χ2v) is 4.87. The molecule has 2 aromatic rings. The first-order valence-electron chi connectivity index (χ1n) is 7.00. The van der Waals surface area contributed by atoms with E-state index in [2.05, 4.69) is 24.4 Å². The Hall–Kier alpha value is -1.61. The zero-order valence-corrected chi connectivity index (χ0v) is 11.9. The van der Waals surface area contributed by atoms with Crippen LogP contribution in [0.5, 0.6) is 0 Å². The molecule has 0 amide bonds. The van der Waals surface area contributed by atoms with E-state index in [1.54, 1.807) is 0 Å². The van der Waals surface area contributed by atoms with Crippen molar-refractivity contribution < 1.29 is 0 Å². The first-order chi connectivity index (χ1) is 9.22. The molecule has 1 aromatic heterocycles. The second kappa shape index (κ2) is 6.02. The van der Waals surface area contributed by atoms with Gasteiger partial charge in [-0.1, -0.05) is 25.1 Å². The molecule has 3 heteroatoms. The Morgan fingerprint density at radius 1 is 1.26 bits per heavy atom. The molecule has 1 N–H and O–H groups in total. The van der Waals surface area contributed by atoms with Gasteiger partial charge in [0, 0.05) is 24.6 Å². The van der Waals surface area contributed by atoms with E-state index >= 15 is 0 Å². The van der Waals surface area contributed by atoms with E-state index in [1.807, 2.05) is 36.7 Å². The molecule has 0 aliphatic heterocycles. The van der Waals surface area contributed by atoms with Gasteiger partial charge in [0.1, 0.15) is 0 Å². The van der Waals surface area contributed by atoms with Crippen LogP contribution in [0.1, 0.15) is 31.7 Å². The van der Waals surface area contributed by atoms with Gasteiger partial charge < -0.3 is 9.88 Å². The highest BCUT2D eigenvalue weighted by Crippen LogP contribution is 2.20. The lowest BCUT2D eigenvalue weighted by Gasteiger charge is -2.17. The van der Waals surface area contributed by atoms with Crippen LogP contribution in [0.25, 0.3) is 10.9 Å². The van der Waals surface area contributed by atoms with Crippen molar-refractivity contribution in [3.63, 3.8) is 0 Å². The van der Waals surface area contributed by atoms with Gasteiger partial charge in [-0.2, -0.15) is 0 Å². The number of rotatable bonds is 5. The first-order valence-corrected chi connectivity index (χ1v) is 7.00. The maximum Gasteiger partial charge on any atom is 0.254 e. The molecule has 102 valence electrons. The molecule has 0 aliphatic rings. The van der Waals surface area contributed by atoms with Crippen LogP contribution in [0.3, 0.4) is 0 Å². The number of para-hydroxylation sites is 1. The predicted octanol–water partition coefficient (Wildman–Crippen LogP) is 2.73. The van der Waals surface area contributed by atoms with Crippen LogP contribution in [-0.4, -0.2) is 18.2 Å². The minimum Gasteiger partial charge on any atom is -0.319 e. The van der Waals surface area contributed by atoms with Crippen LogP contribution in [0.2, 0.25) is 0 Å². The van der Waals surface area contributed by atoms with E-state index in [0.717, 1.165) is 29.4 Å². The van der Waals surface area contributed by atoms with Gasteiger partial charge in [0.15, 0.2) is 0 Å². The maximum absolute atomic E-state index is 12.6. The first kappa shape index (κ1) is 13.8. The zero-order valence-electron chi connectivity index (χ0n) is 11.9. The molecule has 2 rings (SSSR count). The molecule has 3 nitrogen and oxygen atoms in total. The van der Waals surface area contributed by atoms with Crippen molar-refractivity contribution in [3.05, 3.63) is 46.2 Å². The van der Waals surface area contributed by atoms with Crippen molar-refractivity contribution >= 4 is 10.9 Å². The molecule has 1 atom stereocenters. The summed E-state index contributed by atoms with van der Waals surface area (Å²) in [6.45, 7) is 5.71. The Labute approximate surface area is 114 Å². The number of fused-ring (bicyclic) bond motifs is 1. The summed E-state index contributed by atoms with van der Waals surface area (Å²) < 4.78 is 1.88. The van der Waals surface area contributed by atoms with Crippen molar-refractivity contribution in [2.45, 2.75) is 32.7 Å². The van der Waals surface area contributed by atoms with Crippen molar-refractivity contribution in [3.8, 4) is 0 Å². The van der Waals surface area contributed by atoms with Crippen molar-refractivity contribution in [2.75, 3.05) is 13.6 Å². The van der Waals surface area contributed by atoms with Gasteiger partial charge in [-0.15, -0.1) is 0 Å². The largest absolute Gasteiger partial charge is 0.319 e. The van der Waals surface area contributed by atoms with E-state index in [1.165, 1.54) is 0 Å². The Bertz CT molecular complexity index is 616. The number of pyridine rings is 1. The molecule has 0 bridgehead atoms. The summed E-state index contributed by atoms with van der Waals surface area (Å²) in [5, 5.41) is 4.33. The number of nitrogens with zero attached hydrogens (tertiary/aromatic N) is 1. The molecule has 0 spiro atoms. The fourth-order valence-electron chi connectivity index (χ4n) is 2.68. The van der Waals surface area contributed by atoms with Gasteiger partial charge in [0.05, 0.1) is 5.52 Å². The Morgan fingerprint density at radius 3 is 2.63 bits per heavy atom. The second-order valence-electron chi connectivity index (χ2n) is 4.87. The van der Waals surface area contributed by atoms with E-state index < -0.39 is 0 Å². The topological polar surface area (TPSA) is 34.0 Å². The molecule has 0 saturated heterocycles. The molecular weight excluding hydrogens is 236 g/mol. The maximum atomic E-state index is 12.6. The summed E-state index contributed by atoms with van der Waals surface area (Å²) in [6.07, 6.45) is 0.970. The zero-order chi connectivity index (χ0) is 13.8. The van der Waals surface area contributed by atoms with Gasteiger partial charge in [-0.3, -0.25) is 4.79 Å². The molecule has 0 saturated carbocycles. The number of aromatic nitrogens is 1. The van der Waals surface area contributed by atoms with Gasteiger partial charge in [0.2, 0.25) is 0 Å². The van der Waals surface area contributed by atoms with Gasteiger partial charge in [-0.05, 0) is 37.9 Å². The quantitative estimate of drug-likeness (QED) is 0.894. The molecule has 19 heavy (non-hydrogen) atoms. The van der Waals surface area contributed by atoms with Crippen LogP contribution in [0, 0.1) is 0 Å². The normalized spacial score (nSPS) is 12.8. The molecule has 1 aromatic carbocycles. The fraction of sp³-hybridized carbons (Fsp3) is 0.438. The molecular formula is C16H22N2O. The summed E-state index contributed by atoms with van der Waals surface area (Å²) in [5.41, 5.74) is 2.11. The smallest absolute Gasteiger partial charge is 0.254 e. The number of aryl methyl sites for hydroxylation is 1. The van der Waals surface area contributed by atoms with Crippen LogP contribution >= 0.6 is 0 Å². The highest BCUT2D eigenvalue weighted by atomic mass is 16.1. The van der Waals surface area contributed by atoms with Crippen molar-refractivity contribution in [2.24, 2.45) is 0 Å². The SMILES string of the molecule is CCC(CNC)c1cc2ccccc2n(CC)c1=O. The summed E-state index contributed by atoms with van der Waals surface area (Å²) in [7, 11) is 1.93. The number of nitrogens with one attached hydrogen (secondary N) is 1. The third kappa shape index (κ3) is 2.56. The average molecular weight is 258 g/mol. The number of likely N-dealkylation sites (N-methyl/N-ethyl adjacent to an activating group) is 1. The molecule has 0 fully saturated rings. The van der Waals surface area contributed by atoms with Crippen LogP contribution in [-0.2, 0) is 6.54 Å². The summed E-state index contributed by atoms with van der Waals surface area (Å²) in [4.78, 5) is 12.6. The van der Waals surface area contributed by atoms with E-state index in [4.69, 9.17) is 0 Å². The standard InChI is InChI=1S/C16H22N2O/c1-4-12(11-17-3)14-10-13-8-6-7-9-15(13)18(5-2)16(14)19/h6-10,12,17H,4-5,11H2,1-3H3. The van der Waals surface area contributed by atoms with Crippen LogP contribution in [0.4, 0.5) is 0 Å². The van der Waals surface area contributed by atoms with Crippen LogP contribution in [0.15, 0.2) is 35.1 Å². The lowest BCUT2D eigenvalue weighted by molar-refractivity contribution is 0.597. The Balaban J connectivity index is 2.68. The monoisotopic (exact) mass is 258 g/mol. The number of hydrogen-bond acceptors (Lipinski definition) is 2. The minimum atomic E-state index is 0.156. The molecule has 0 aliphatic carbocycles. The Kier molecular flexibility index (Phi) is 4.38. The molecule has 0 radical (unpaired) electrons. The van der Waals surface area contributed by atoms with Gasteiger partial charge in [-0.25, -0.2) is 0 Å². The highest BCUT2D eigenvalue weighted by Gasteiger charge is 2.15. The van der Waals surface area contributed by atoms with Crippen molar-refractivity contribution in [1.82, 2.24) is 9.88 Å². The third-order valence-electron chi connectivity index (χ3n) is 3.73. The van der Waals surface area contributed by atoms with Gasteiger partial charge >= 0.3 is 0 Å².